The SMILES string of the molecule is C[C@@H](C(=O)NC1CC1)N1C[C@@H](N)CCC1=O. The molecule has 0 bridgehead atoms. The summed E-state index contributed by atoms with van der Waals surface area (Å²) in [6, 6.07) is -0.0446. The average Bonchev–Trinajstić information content (AvgIpc) is 3.04. The molecule has 0 aromatic rings. The van der Waals surface area contributed by atoms with Gasteiger partial charge in [-0.2, -0.15) is 0 Å². The molecule has 0 radical (unpaired) electrons. The van der Waals surface area contributed by atoms with Crippen LogP contribution in [-0.4, -0.2) is 41.4 Å². The molecule has 0 aromatic carbocycles. The summed E-state index contributed by atoms with van der Waals surface area (Å²) in [6.07, 6.45) is 3.31. The van der Waals surface area contributed by atoms with Crippen molar-refractivity contribution in [2.45, 2.75) is 50.7 Å². The Morgan fingerprint density at radius 1 is 1.50 bits per heavy atom. The summed E-state index contributed by atoms with van der Waals surface area (Å²) in [6.45, 7) is 2.27. The molecule has 0 aromatic heterocycles. The van der Waals surface area contributed by atoms with Crippen LogP contribution in [0.2, 0.25) is 0 Å². The van der Waals surface area contributed by atoms with Gasteiger partial charge in [0.25, 0.3) is 0 Å². The molecule has 2 amide bonds. The number of hydrogen-bond acceptors (Lipinski definition) is 3. The van der Waals surface area contributed by atoms with E-state index in [0.29, 0.717) is 19.0 Å². The number of rotatable bonds is 3. The molecular formula is C11H19N3O2. The first-order chi connectivity index (χ1) is 7.58. The lowest BCUT2D eigenvalue weighted by atomic mass is 10.0. The fourth-order valence-electron chi connectivity index (χ4n) is 1.96. The minimum atomic E-state index is -0.389. The summed E-state index contributed by atoms with van der Waals surface area (Å²) >= 11 is 0. The normalized spacial score (nSPS) is 27.8. The van der Waals surface area contributed by atoms with Crippen molar-refractivity contribution >= 4 is 11.8 Å². The molecule has 2 atom stereocenters. The topological polar surface area (TPSA) is 75.4 Å². The van der Waals surface area contributed by atoms with Crippen LogP contribution in [-0.2, 0) is 9.59 Å². The van der Waals surface area contributed by atoms with Crippen molar-refractivity contribution in [3.63, 3.8) is 0 Å². The Labute approximate surface area is 95.3 Å². The van der Waals surface area contributed by atoms with E-state index in [2.05, 4.69) is 5.32 Å². The molecule has 0 spiro atoms. The maximum Gasteiger partial charge on any atom is 0.242 e. The van der Waals surface area contributed by atoms with E-state index in [1.165, 1.54) is 0 Å². The molecule has 3 N–H and O–H groups in total. The number of piperidine rings is 1. The summed E-state index contributed by atoms with van der Waals surface area (Å²) in [5, 5.41) is 2.91. The van der Waals surface area contributed by atoms with Gasteiger partial charge in [0, 0.05) is 25.0 Å². The van der Waals surface area contributed by atoms with Crippen molar-refractivity contribution in [3.8, 4) is 0 Å². The summed E-state index contributed by atoms with van der Waals surface area (Å²) in [5.74, 6) is -0.00917. The van der Waals surface area contributed by atoms with Crippen LogP contribution >= 0.6 is 0 Å². The molecule has 2 rings (SSSR count). The van der Waals surface area contributed by atoms with Gasteiger partial charge in [-0.3, -0.25) is 9.59 Å². The second-order valence-electron chi connectivity index (χ2n) is 4.80. The van der Waals surface area contributed by atoms with Crippen molar-refractivity contribution in [3.05, 3.63) is 0 Å². The predicted octanol–water partition coefficient (Wildman–Crippen LogP) is -0.397. The Kier molecular flexibility index (Phi) is 3.14. The van der Waals surface area contributed by atoms with Crippen LogP contribution in [0.1, 0.15) is 32.6 Å². The van der Waals surface area contributed by atoms with Crippen LogP contribution in [0, 0.1) is 0 Å². The largest absolute Gasteiger partial charge is 0.352 e. The molecule has 5 nitrogen and oxygen atoms in total. The Hall–Kier alpha value is -1.10. The van der Waals surface area contributed by atoms with E-state index in [0.717, 1.165) is 19.3 Å². The van der Waals surface area contributed by atoms with Gasteiger partial charge in [0.2, 0.25) is 11.8 Å². The van der Waals surface area contributed by atoms with Gasteiger partial charge in [0.05, 0.1) is 0 Å². The zero-order chi connectivity index (χ0) is 11.7. The van der Waals surface area contributed by atoms with Gasteiger partial charge in [-0.05, 0) is 26.2 Å². The molecule has 2 fully saturated rings. The van der Waals surface area contributed by atoms with Crippen LogP contribution in [0.15, 0.2) is 0 Å². The molecule has 1 heterocycles. The number of carbonyl (C=O) groups is 2. The lowest BCUT2D eigenvalue weighted by molar-refractivity contribution is -0.142. The fourth-order valence-corrected chi connectivity index (χ4v) is 1.96. The minimum Gasteiger partial charge on any atom is -0.352 e. The number of nitrogens with one attached hydrogen (secondary N) is 1. The maximum atomic E-state index is 11.8. The predicted molar refractivity (Wildman–Crippen MR) is 59.5 cm³/mol. The smallest absolute Gasteiger partial charge is 0.242 e. The third-order valence-electron chi connectivity index (χ3n) is 3.25. The summed E-state index contributed by atoms with van der Waals surface area (Å²) in [5.41, 5.74) is 5.81. The number of hydrogen-bond donors (Lipinski definition) is 2. The third-order valence-corrected chi connectivity index (χ3v) is 3.25. The highest BCUT2D eigenvalue weighted by Crippen LogP contribution is 2.20. The molecule has 0 unspecified atom stereocenters. The summed E-state index contributed by atoms with van der Waals surface area (Å²) in [7, 11) is 0. The Balaban J connectivity index is 1.92. The van der Waals surface area contributed by atoms with Crippen molar-refractivity contribution in [2.75, 3.05) is 6.54 Å². The standard InChI is InChI=1S/C11H19N3O2/c1-7(11(16)13-9-3-4-9)14-6-8(12)2-5-10(14)15/h7-9H,2-6,12H2,1H3,(H,13,16)/t7-,8-/m0/s1. The van der Waals surface area contributed by atoms with Gasteiger partial charge >= 0.3 is 0 Å². The van der Waals surface area contributed by atoms with E-state index in [-0.39, 0.29) is 23.9 Å². The minimum absolute atomic E-state index is 0.00822. The number of amides is 2. The molecule has 2 aliphatic rings. The highest BCUT2D eigenvalue weighted by Gasteiger charge is 2.33. The lowest BCUT2D eigenvalue weighted by Crippen LogP contribution is -2.54. The van der Waals surface area contributed by atoms with Crippen molar-refractivity contribution in [1.29, 1.82) is 0 Å². The Bertz CT molecular complexity index is 302. The third kappa shape index (κ3) is 2.52. The van der Waals surface area contributed by atoms with E-state index < -0.39 is 0 Å². The van der Waals surface area contributed by atoms with Crippen LogP contribution in [0.5, 0.6) is 0 Å². The average molecular weight is 225 g/mol. The highest BCUT2D eigenvalue weighted by molar-refractivity contribution is 5.88. The molecular weight excluding hydrogens is 206 g/mol. The first-order valence-electron chi connectivity index (χ1n) is 5.93. The van der Waals surface area contributed by atoms with E-state index in [1.54, 1.807) is 11.8 Å². The van der Waals surface area contributed by atoms with E-state index >= 15 is 0 Å². The van der Waals surface area contributed by atoms with Crippen molar-refractivity contribution in [1.82, 2.24) is 10.2 Å². The van der Waals surface area contributed by atoms with E-state index in [9.17, 15) is 9.59 Å². The quantitative estimate of drug-likeness (QED) is 0.686. The molecule has 1 saturated heterocycles. The monoisotopic (exact) mass is 225 g/mol. The van der Waals surface area contributed by atoms with Gasteiger partial charge in [-0.15, -0.1) is 0 Å². The zero-order valence-corrected chi connectivity index (χ0v) is 9.61. The van der Waals surface area contributed by atoms with Crippen LogP contribution in [0.4, 0.5) is 0 Å². The summed E-state index contributed by atoms with van der Waals surface area (Å²) in [4.78, 5) is 25.1. The second-order valence-corrected chi connectivity index (χ2v) is 4.80. The Morgan fingerprint density at radius 2 is 2.19 bits per heavy atom. The van der Waals surface area contributed by atoms with Gasteiger partial charge in [0.1, 0.15) is 6.04 Å². The molecule has 1 aliphatic heterocycles. The van der Waals surface area contributed by atoms with Crippen LogP contribution < -0.4 is 11.1 Å². The molecule has 16 heavy (non-hydrogen) atoms. The van der Waals surface area contributed by atoms with Gasteiger partial charge in [-0.25, -0.2) is 0 Å². The second kappa shape index (κ2) is 4.41. The number of nitrogens with zero attached hydrogens (tertiary/aromatic N) is 1. The fraction of sp³-hybridized carbons (Fsp3) is 0.818. The first-order valence-corrected chi connectivity index (χ1v) is 5.93. The molecule has 90 valence electrons. The molecule has 1 saturated carbocycles. The van der Waals surface area contributed by atoms with Crippen LogP contribution in [0.25, 0.3) is 0 Å². The lowest BCUT2D eigenvalue weighted by Gasteiger charge is -2.34. The number of likely N-dealkylation sites (tertiary alicyclic amines) is 1. The molecule has 1 aliphatic carbocycles. The molecule has 5 heteroatoms. The van der Waals surface area contributed by atoms with Crippen LogP contribution in [0.3, 0.4) is 0 Å². The van der Waals surface area contributed by atoms with Gasteiger partial charge in [0.15, 0.2) is 0 Å². The highest BCUT2D eigenvalue weighted by atomic mass is 16.2. The number of nitrogens with two attached hydrogens (primary N) is 1. The van der Waals surface area contributed by atoms with Crippen molar-refractivity contribution < 1.29 is 9.59 Å². The van der Waals surface area contributed by atoms with Gasteiger partial charge in [-0.1, -0.05) is 0 Å². The summed E-state index contributed by atoms with van der Waals surface area (Å²) < 4.78 is 0. The van der Waals surface area contributed by atoms with Crippen molar-refractivity contribution in [2.24, 2.45) is 5.73 Å². The van der Waals surface area contributed by atoms with Gasteiger partial charge < -0.3 is 16.0 Å². The zero-order valence-electron chi connectivity index (χ0n) is 9.61. The Morgan fingerprint density at radius 3 is 2.81 bits per heavy atom. The number of carbonyl (C=O) groups excluding carboxylic acids is 2. The van der Waals surface area contributed by atoms with E-state index in [1.807, 2.05) is 0 Å². The van der Waals surface area contributed by atoms with E-state index in [4.69, 9.17) is 5.73 Å². The first kappa shape index (κ1) is 11.4. The maximum absolute atomic E-state index is 11.8.